The number of benzene rings is 1. The lowest BCUT2D eigenvalue weighted by molar-refractivity contribution is 0.439. The van der Waals surface area contributed by atoms with Crippen LogP contribution >= 0.6 is 0 Å². The van der Waals surface area contributed by atoms with Gasteiger partial charge in [-0.2, -0.15) is 4.98 Å². The molecule has 20 heavy (non-hydrogen) atoms. The van der Waals surface area contributed by atoms with Gasteiger partial charge in [0.25, 0.3) is 5.56 Å². The molecule has 0 amide bonds. The second-order valence-corrected chi connectivity index (χ2v) is 5.16. The van der Waals surface area contributed by atoms with Crippen LogP contribution in [0.4, 0.5) is 0 Å². The maximum Gasteiger partial charge on any atom is 0.257 e. The molecule has 0 aliphatic rings. The summed E-state index contributed by atoms with van der Waals surface area (Å²) in [6.07, 6.45) is 1.85. The van der Waals surface area contributed by atoms with Gasteiger partial charge in [0.05, 0.1) is 5.56 Å². The van der Waals surface area contributed by atoms with E-state index >= 15 is 0 Å². The fourth-order valence-electron chi connectivity index (χ4n) is 2.20. The predicted molar refractivity (Wildman–Crippen MR) is 79.2 cm³/mol. The zero-order chi connectivity index (χ0) is 14.7. The number of nitrogens with one attached hydrogen (secondary N) is 1. The Hall–Kier alpha value is -2.10. The van der Waals surface area contributed by atoms with Gasteiger partial charge in [-0.1, -0.05) is 31.5 Å². The lowest BCUT2D eigenvalue weighted by Gasteiger charge is -2.07. The molecule has 0 aliphatic heterocycles. The molecule has 0 atom stereocenters. The number of hydrogen-bond acceptors (Lipinski definition) is 3. The number of nitrogens with zero attached hydrogens (tertiary/aromatic N) is 1. The Labute approximate surface area is 118 Å². The highest BCUT2D eigenvalue weighted by molar-refractivity contribution is 5.32. The monoisotopic (exact) mass is 272 g/mol. The van der Waals surface area contributed by atoms with Crippen molar-refractivity contribution in [2.45, 2.75) is 40.0 Å². The van der Waals surface area contributed by atoms with E-state index in [1.807, 2.05) is 19.1 Å². The van der Waals surface area contributed by atoms with Crippen molar-refractivity contribution < 1.29 is 5.11 Å². The van der Waals surface area contributed by atoms with Crippen molar-refractivity contribution in [2.24, 2.45) is 0 Å². The number of aromatic nitrogens is 2. The first-order chi connectivity index (χ1) is 9.51. The lowest BCUT2D eigenvalue weighted by atomic mass is 10.0. The van der Waals surface area contributed by atoms with Gasteiger partial charge in [0.2, 0.25) is 5.88 Å². The third kappa shape index (κ3) is 3.07. The summed E-state index contributed by atoms with van der Waals surface area (Å²) in [5.74, 6) is 0.352. The second kappa shape index (κ2) is 5.90. The Morgan fingerprint density at radius 3 is 2.60 bits per heavy atom. The van der Waals surface area contributed by atoms with E-state index < -0.39 is 0 Å². The highest BCUT2D eigenvalue weighted by Crippen LogP contribution is 2.15. The lowest BCUT2D eigenvalue weighted by Crippen LogP contribution is -2.17. The van der Waals surface area contributed by atoms with E-state index in [1.54, 1.807) is 0 Å². The standard InChI is InChI=1S/C16H20N2O2/c1-4-5-13-15(19)17-14(18-16(13)20)9-12-7-6-10(2)11(3)8-12/h6-8H,4-5,9H2,1-3H3,(H2,17,18,19,20). The minimum atomic E-state index is -0.238. The van der Waals surface area contributed by atoms with E-state index in [2.05, 4.69) is 29.9 Å². The number of rotatable bonds is 4. The van der Waals surface area contributed by atoms with Gasteiger partial charge in [-0.05, 0) is 37.0 Å². The fraction of sp³-hybridized carbons (Fsp3) is 0.375. The Balaban J connectivity index is 2.30. The number of aromatic amines is 1. The average molecular weight is 272 g/mol. The van der Waals surface area contributed by atoms with Gasteiger partial charge in [0, 0.05) is 6.42 Å². The molecule has 0 spiro atoms. The molecule has 2 N–H and O–H groups in total. The summed E-state index contributed by atoms with van der Waals surface area (Å²) in [7, 11) is 0. The fourth-order valence-corrected chi connectivity index (χ4v) is 2.20. The van der Waals surface area contributed by atoms with E-state index in [-0.39, 0.29) is 11.4 Å². The first-order valence-corrected chi connectivity index (χ1v) is 6.88. The third-order valence-electron chi connectivity index (χ3n) is 3.49. The quantitative estimate of drug-likeness (QED) is 0.899. The molecule has 4 nitrogen and oxygen atoms in total. The van der Waals surface area contributed by atoms with Crippen LogP contribution in [0.1, 0.15) is 41.4 Å². The molecule has 0 unspecified atom stereocenters. The first-order valence-electron chi connectivity index (χ1n) is 6.88. The summed E-state index contributed by atoms with van der Waals surface area (Å²) in [5, 5.41) is 9.85. The van der Waals surface area contributed by atoms with Crippen LogP contribution < -0.4 is 5.56 Å². The summed E-state index contributed by atoms with van der Waals surface area (Å²) in [6.45, 7) is 6.07. The van der Waals surface area contributed by atoms with Crippen molar-refractivity contribution in [3.63, 3.8) is 0 Å². The second-order valence-electron chi connectivity index (χ2n) is 5.16. The molecule has 2 rings (SSSR count). The van der Waals surface area contributed by atoms with Gasteiger partial charge in [-0.25, -0.2) is 0 Å². The minimum absolute atomic E-state index is 0.144. The molecule has 0 radical (unpaired) electrons. The number of aromatic hydroxyl groups is 1. The summed E-state index contributed by atoms with van der Waals surface area (Å²) in [4.78, 5) is 18.8. The van der Waals surface area contributed by atoms with E-state index in [0.717, 1.165) is 12.0 Å². The zero-order valence-corrected chi connectivity index (χ0v) is 12.2. The molecular formula is C16H20N2O2. The van der Waals surface area contributed by atoms with E-state index in [0.29, 0.717) is 24.2 Å². The molecular weight excluding hydrogens is 252 g/mol. The molecule has 1 heterocycles. The van der Waals surface area contributed by atoms with Crippen LogP contribution in [0.15, 0.2) is 23.0 Å². The van der Waals surface area contributed by atoms with Gasteiger partial charge in [0.15, 0.2) is 0 Å². The zero-order valence-electron chi connectivity index (χ0n) is 12.2. The molecule has 0 bridgehead atoms. The van der Waals surface area contributed by atoms with Crippen molar-refractivity contribution >= 4 is 0 Å². The van der Waals surface area contributed by atoms with E-state index in [9.17, 15) is 9.90 Å². The molecule has 2 aromatic rings. The molecule has 1 aromatic carbocycles. The van der Waals surface area contributed by atoms with Gasteiger partial charge >= 0.3 is 0 Å². The van der Waals surface area contributed by atoms with Crippen LogP contribution in [-0.4, -0.2) is 15.1 Å². The predicted octanol–water partition coefficient (Wildman–Crippen LogP) is 2.64. The first kappa shape index (κ1) is 14.3. The SMILES string of the molecule is CCCc1c(O)nc(Cc2ccc(C)c(C)c2)[nH]c1=O. The molecule has 0 fully saturated rings. The highest BCUT2D eigenvalue weighted by Gasteiger charge is 2.10. The maximum absolute atomic E-state index is 11.9. The molecule has 4 heteroatoms. The molecule has 1 aromatic heterocycles. The van der Waals surface area contributed by atoms with E-state index in [4.69, 9.17) is 0 Å². The summed E-state index contributed by atoms with van der Waals surface area (Å²) < 4.78 is 0. The molecule has 0 saturated heterocycles. The van der Waals surface area contributed by atoms with Gasteiger partial charge < -0.3 is 10.1 Å². The Kier molecular flexibility index (Phi) is 4.23. The molecule has 0 saturated carbocycles. The Bertz CT molecular complexity index is 675. The van der Waals surface area contributed by atoms with Crippen LogP contribution in [-0.2, 0) is 12.8 Å². The Morgan fingerprint density at radius 1 is 1.25 bits per heavy atom. The largest absolute Gasteiger partial charge is 0.493 e. The van der Waals surface area contributed by atoms with Crippen molar-refractivity contribution in [1.82, 2.24) is 9.97 Å². The van der Waals surface area contributed by atoms with Crippen LogP contribution in [0.25, 0.3) is 0 Å². The van der Waals surface area contributed by atoms with Crippen molar-refractivity contribution in [1.29, 1.82) is 0 Å². The Morgan fingerprint density at radius 2 is 2.00 bits per heavy atom. The maximum atomic E-state index is 11.9. The number of hydrogen-bond donors (Lipinski definition) is 2. The molecule has 0 aliphatic carbocycles. The van der Waals surface area contributed by atoms with Crippen LogP contribution in [0.5, 0.6) is 5.88 Å². The van der Waals surface area contributed by atoms with Gasteiger partial charge in [-0.15, -0.1) is 0 Å². The van der Waals surface area contributed by atoms with Gasteiger partial charge in [-0.3, -0.25) is 4.79 Å². The van der Waals surface area contributed by atoms with Crippen molar-refractivity contribution in [2.75, 3.05) is 0 Å². The van der Waals surface area contributed by atoms with E-state index in [1.165, 1.54) is 11.1 Å². The van der Waals surface area contributed by atoms with Crippen LogP contribution in [0, 0.1) is 13.8 Å². The van der Waals surface area contributed by atoms with Crippen LogP contribution in [0.2, 0.25) is 0 Å². The molecule has 106 valence electrons. The topological polar surface area (TPSA) is 66.0 Å². The number of aryl methyl sites for hydroxylation is 2. The summed E-state index contributed by atoms with van der Waals surface area (Å²) >= 11 is 0. The van der Waals surface area contributed by atoms with Crippen molar-refractivity contribution in [3.05, 3.63) is 56.6 Å². The minimum Gasteiger partial charge on any atom is -0.493 e. The highest BCUT2D eigenvalue weighted by atomic mass is 16.3. The third-order valence-corrected chi connectivity index (χ3v) is 3.49. The number of H-pyrrole nitrogens is 1. The average Bonchev–Trinajstić information content (AvgIpc) is 2.38. The van der Waals surface area contributed by atoms with Crippen molar-refractivity contribution in [3.8, 4) is 5.88 Å². The smallest absolute Gasteiger partial charge is 0.257 e. The normalized spacial score (nSPS) is 10.8. The van der Waals surface area contributed by atoms with Gasteiger partial charge in [0.1, 0.15) is 5.82 Å². The summed E-state index contributed by atoms with van der Waals surface area (Å²) in [6, 6.07) is 6.14. The summed E-state index contributed by atoms with van der Waals surface area (Å²) in [5.41, 5.74) is 3.64. The van der Waals surface area contributed by atoms with Crippen LogP contribution in [0.3, 0.4) is 0 Å².